The molecule has 122 valence electrons. The van der Waals surface area contributed by atoms with E-state index in [0.717, 1.165) is 11.1 Å². The van der Waals surface area contributed by atoms with Crippen molar-refractivity contribution in [2.75, 3.05) is 20.1 Å². The highest BCUT2D eigenvalue weighted by molar-refractivity contribution is 5.78. The second-order valence-corrected chi connectivity index (χ2v) is 5.70. The minimum Gasteiger partial charge on any atom is -0.338 e. The highest BCUT2D eigenvalue weighted by atomic mass is 19.1. The van der Waals surface area contributed by atoms with Crippen LogP contribution in [-0.2, 0) is 17.9 Å². The van der Waals surface area contributed by atoms with Crippen molar-refractivity contribution in [2.24, 2.45) is 0 Å². The zero-order valence-corrected chi connectivity index (χ0v) is 13.7. The maximum atomic E-state index is 13.2. The second-order valence-electron chi connectivity index (χ2n) is 5.70. The van der Waals surface area contributed by atoms with Gasteiger partial charge in [-0.15, -0.1) is 0 Å². The summed E-state index contributed by atoms with van der Waals surface area (Å²) in [7, 11) is 1.87. The highest BCUT2D eigenvalue weighted by Gasteiger charge is 2.14. The van der Waals surface area contributed by atoms with Crippen molar-refractivity contribution in [1.82, 2.24) is 9.80 Å². The summed E-state index contributed by atoms with van der Waals surface area (Å²) < 4.78 is 13.2. The molecule has 0 fully saturated rings. The van der Waals surface area contributed by atoms with E-state index in [0.29, 0.717) is 26.2 Å². The van der Waals surface area contributed by atoms with Crippen LogP contribution in [0.15, 0.2) is 54.6 Å². The Hall–Kier alpha value is -2.20. The Balaban J connectivity index is 1.90. The van der Waals surface area contributed by atoms with Crippen LogP contribution in [0.4, 0.5) is 4.39 Å². The van der Waals surface area contributed by atoms with Crippen molar-refractivity contribution in [3.63, 3.8) is 0 Å². The summed E-state index contributed by atoms with van der Waals surface area (Å²) in [5, 5.41) is 0. The number of carbonyl (C=O) groups is 1. The third kappa shape index (κ3) is 5.49. The molecule has 2 aromatic carbocycles. The first-order valence-electron chi connectivity index (χ1n) is 7.83. The maximum absolute atomic E-state index is 13.2. The Morgan fingerprint density at radius 1 is 1.00 bits per heavy atom. The Bertz CT molecular complexity index is 630. The average Bonchev–Trinajstić information content (AvgIpc) is 2.53. The number of hydrogen-bond donors (Lipinski definition) is 0. The molecule has 0 N–H and O–H groups in total. The SMILES string of the molecule is CCN(Cc1ccccc1)C(=O)CN(C)Cc1cccc(F)c1. The molecule has 0 spiro atoms. The van der Waals surface area contributed by atoms with Gasteiger partial charge in [0.05, 0.1) is 6.54 Å². The van der Waals surface area contributed by atoms with Crippen LogP contribution in [0.2, 0.25) is 0 Å². The minimum atomic E-state index is -0.249. The van der Waals surface area contributed by atoms with E-state index in [1.807, 2.05) is 60.2 Å². The maximum Gasteiger partial charge on any atom is 0.237 e. The summed E-state index contributed by atoms with van der Waals surface area (Å²) in [5.74, 6) is -0.170. The van der Waals surface area contributed by atoms with Gasteiger partial charge in [-0.3, -0.25) is 9.69 Å². The number of rotatable bonds is 7. The fourth-order valence-corrected chi connectivity index (χ4v) is 2.51. The monoisotopic (exact) mass is 314 g/mol. The lowest BCUT2D eigenvalue weighted by molar-refractivity contribution is -0.132. The number of benzene rings is 2. The lowest BCUT2D eigenvalue weighted by Gasteiger charge is -2.24. The molecular weight excluding hydrogens is 291 g/mol. The summed E-state index contributed by atoms with van der Waals surface area (Å²) in [4.78, 5) is 16.2. The van der Waals surface area contributed by atoms with Crippen molar-refractivity contribution < 1.29 is 9.18 Å². The molecule has 0 unspecified atom stereocenters. The molecule has 0 saturated heterocycles. The van der Waals surface area contributed by atoms with Crippen molar-refractivity contribution in [1.29, 1.82) is 0 Å². The van der Waals surface area contributed by atoms with E-state index in [4.69, 9.17) is 0 Å². The Morgan fingerprint density at radius 3 is 2.35 bits per heavy atom. The Kier molecular flexibility index (Phi) is 6.29. The molecule has 2 aromatic rings. The number of halogens is 1. The van der Waals surface area contributed by atoms with Gasteiger partial charge in [-0.1, -0.05) is 42.5 Å². The average molecular weight is 314 g/mol. The third-order valence-electron chi connectivity index (χ3n) is 3.70. The molecule has 0 aliphatic heterocycles. The normalized spacial score (nSPS) is 10.8. The van der Waals surface area contributed by atoms with Crippen LogP contribution in [0.1, 0.15) is 18.1 Å². The molecule has 0 aliphatic carbocycles. The van der Waals surface area contributed by atoms with Crippen molar-refractivity contribution >= 4 is 5.91 Å². The standard InChI is InChI=1S/C19H23FN2O/c1-3-22(14-16-8-5-4-6-9-16)19(23)15-21(2)13-17-10-7-11-18(20)12-17/h4-12H,3,13-15H2,1-2H3. The summed E-state index contributed by atoms with van der Waals surface area (Å²) >= 11 is 0. The Morgan fingerprint density at radius 2 is 1.70 bits per heavy atom. The van der Waals surface area contributed by atoms with Gasteiger partial charge in [0.2, 0.25) is 5.91 Å². The van der Waals surface area contributed by atoms with E-state index in [2.05, 4.69) is 0 Å². The number of carbonyl (C=O) groups excluding carboxylic acids is 1. The van der Waals surface area contributed by atoms with Gasteiger partial charge in [0.15, 0.2) is 0 Å². The van der Waals surface area contributed by atoms with Gasteiger partial charge >= 0.3 is 0 Å². The van der Waals surface area contributed by atoms with Gasteiger partial charge in [0.1, 0.15) is 5.82 Å². The molecule has 0 bridgehead atoms. The third-order valence-corrected chi connectivity index (χ3v) is 3.70. The van der Waals surface area contributed by atoms with Crippen molar-refractivity contribution in [3.05, 3.63) is 71.5 Å². The smallest absolute Gasteiger partial charge is 0.237 e. The fourth-order valence-electron chi connectivity index (χ4n) is 2.51. The van der Waals surface area contributed by atoms with E-state index < -0.39 is 0 Å². The first kappa shape index (κ1) is 17.2. The molecule has 4 heteroatoms. The van der Waals surface area contributed by atoms with Crippen LogP contribution >= 0.6 is 0 Å². The summed E-state index contributed by atoms with van der Waals surface area (Å²) in [6.45, 7) is 4.13. The van der Waals surface area contributed by atoms with Crippen LogP contribution in [0.5, 0.6) is 0 Å². The zero-order chi connectivity index (χ0) is 16.7. The largest absolute Gasteiger partial charge is 0.338 e. The van der Waals surface area contributed by atoms with Crippen LogP contribution < -0.4 is 0 Å². The van der Waals surface area contributed by atoms with Gasteiger partial charge in [-0.05, 0) is 37.2 Å². The lowest BCUT2D eigenvalue weighted by Crippen LogP contribution is -2.38. The van der Waals surface area contributed by atoms with E-state index in [-0.39, 0.29) is 11.7 Å². The highest BCUT2D eigenvalue weighted by Crippen LogP contribution is 2.08. The quantitative estimate of drug-likeness (QED) is 0.783. The molecule has 0 saturated carbocycles. The predicted octanol–water partition coefficient (Wildman–Crippen LogP) is 3.31. The van der Waals surface area contributed by atoms with E-state index >= 15 is 0 Å². The summed E-state index contributed by atoms with van der Waals surface area (Å²) in [6.07, 6.45) is 0. The van der Waals surface area contributed by atoms with Gasteiger partial charge in [-0.25, -0.2) is 4.39 Å². The number of nitrogens with zero attached hydrogens (tertiary/aromatic N) is 2. The molecule has 1 amide bonds. The number of hydrogen-bond acceptors (Lipinski definition) is 2. The molecule has 0 radical (unpaired) electrons. The molecule has 0 heterocycles. The van der Waals surface area contributed by atoms with E-state index in [1.54, 1.807) is 6.07 Å². The minimum absolute atomic E-state index is 0.0789. The topological polar surface area (TPSA) is 23.6 Å². The molecule has 0 aromatic heterocycles. The predicted molar refractivity (Wildman–Crippen MR) is 90.3 cm³/mol. The van der Waals surface area contributed by atoms with Crippen LogP contribution in [0.3, 0.4) is 0 Å². The van der Waals surface area contributed by atoms with E-state index in [1.165, 1.54) is 12.1 Å². The molecule has 2 rings (SSSR count). The molecule has 0 aliphatic rings. The first-order chi connectivity index (χ1) is 11.1. The van der Waals surface area contributed by atoms with Crippen molar-refractivity contribution in [3.8, 4) is 0 Å². The first-order valence-corrected chi connectivity index (χ1v) is 7.83. The van der Waals surface area contributed by atoms with Gasteiger partial charge in [0, 0.05) is 19.6 Å². The molecule has 0 atom stereocenters. The summed E-state index contributed by atoms with van der Waals surface area (Å²) in [6, 6.07) is 16.4. The zero-order valence-electron chi connectivity index (χ0n) is 13.7. The van der Waals surface area contributed by atoms with Gasteiger partial charge in [0.25, 0.3) is 0 Å². The molecular formula is C19H23FN2O. The number of likely N-dealkylation sites (N-methyl/N-ethyl adjacent to an activating group) is 2. The number of amides is 1. The van der Waals surface area contributed by atoms with Crippen molar-refractivity contribution in [2.45, 2.75) is 20.0 Å². The van der Waals surface area contributed by atoms with E-state index in [9.17, 15) is 9.18 Å². The summed E-state index contributed by atoms with van der Waals surface area (Å²) in [5.41, 5.74) is 1.99. The molecule has 3 nitrogen and oxygen atoms in total. The van der Waals surface area contributed by atoms with Gasteiger partial charge < -0.3 is 4.90 Å². The second kappa shape index (κ2) is 8.44. The van der Waals surface area contributed by atoms with Crippen LogP contribution in [0.25, 0.3) is 0 Å². The molecule has 23 heavy (non-hydrogen) atoms. The lowest BCUT2D eigenvalue weighted by atomic mass is 10.2. The Labute approximate surface area is 137 Å². The van der Waals surface area contributed by atoms with Gasteiger partial charge in [-0.2, -0.15) is 0 Å². The fraction of sp³-hybridized carbons (Fsp3) is 0.316. The van der Waals surface area contributed by atoms with Crippen LogP contribution in [0, 0.1) is 5.82 Å². The van der Waals surface area contributed by atoms with Crippen LogP contribution in [-0.4, -0.2) is 35.8 Å².